The molecule has 2 heterocycles. The summed E-state index contributed by atoms with van der Waals surface area (Å²) >= 11 is 1.55. The summed E-state index contributed by atoms with van der Waals surface area (Å²) in [5, 5.41) is 11.7. The van der Waals surface area contributed by atoms with Gasteiger partial charge in [-0.3, -0.25) is 4.98 Å². The number of carbonyl (C=O) groups excluding carboxylic acids is 2. The molecule has 31 heavy (non-hydrogen) atoms. The van der Waals surface area contributed by atoms with E-state index in [0.29, 0.717) is 12.1 Å². The first-order valence-corrected chi connectivity index (χ1v) is 11.5. The number of urea groups is 1. The number of amides is 3. The van der Waals surface area contributed by atoms with E-state index < -0.39 is 11.7 Å². The Morgan fingerprint density at radius 2 is 2.13 bits per heavy atom. The molecular weight excluding hydrogens is 414 g/mol. The van der Waals surface area contributed by atoms with Crippen LogP contribution in [-0.2, 0) is 17.6 Å². The van der Waals surface area contributed by atoms with E-state index in [2.05, 4.69) is 25.9 Å². The largest absolute Gasteiger partial charge is 0.444 e. The van der Waals surface area contributed by atoms with Crippen molar-refractivity contribution in [2.24, 2.45) is 0 Å². The van der Waals surface area contributed by atoms with Crippen molar-refractivity contribution in [2.75, 3.05) is 5.32 Å². The second kappa shape index (κ2) is 9.64. The molecule has 1 aliphatic carbocycles. The molecule has 3 rings (SSSR count). The molecule has 0 bridgehead atoms. The molecule has 2 unspecified atom stereocenters. The third-order valence-electron chi connectivity index (χ3n) is 4.88. The molecule has 0 aliphatic heterocycles. The van der Waals surface area contributed by atoms with Crippen molar-refractivity contribution in [1.29, 1.82) is 0 Å². The van der Waals surface area contributed by atoms with Gasteiger partial charge in [-0.1, -0.05) is 6.92 Å². The van der Waals surface area contributed by atoms with Crippen LogP contribution in [0, 0.1) is 6.92 Å². The average molecular weight is 446 g/mol. The molecule has 0 radical (unpaired) electrons. The molecule has 3 amide bonds. The van der Waals surface area contributed by atoms with Gasteiger partial charge < -0.3 is 20.7 Å². The highest BCUT2D eigenvalue weighted by atomic mass is 32.1. The molecular formula is C22H31N5O3S. The molecule has 0 spiro atoms. The number of aryl methyl sites for hydroxylation is 2. The van der Waals surface area contributed by atoms with Gasteiger partial charge in [0, 0.05) is 22.8 Å². The number of thiazole rings is 1. The van der Waals surface area contributed by atoms with E-state index in [4.69, 9.17) is 4.74 Å². The summed E-state index contributed by atoms with van der Waals surface area (Å²) in [6, 6.07) is 1.48. The molecule has 9 heteroatoms. The number of rotatable bonds is 5. The van der Waals surface area contributed by atoms with E-state index in [1.54, 1.807) is 17.5 Å². The SMILES string of the molecule is CCC(NC(=O)Nc1cnc2c(c1)CC(NC(=O)OC(C)(C)C)CC2)c1nc(C)cs1. The highest BCUT2D eigenvalue weighted by molar-refractivity contribution is 7.09. The van der Waals surface area contributed by atoms with Crippen LogP contribution in [-0.4, -0.2) is 33.7 Å². The van der Waals surface area contributed by atoms with Crippen molar-refractivity contribution in [3.63, 3.8) is 0 Å². The maximum absolute atomic E-state index is 12.5. The molecule has 1 aliphatic rings. The summed E-state index contributed by atoms with van der Waals surface area (Å²) in [7, 11) is 0. The van der Waals surface area contributed by atoms with Gasteiger partial charge in [-0.2, -0.15) is 0 Å². The first-order valence-electron chi connectivity index (χ1n) is 10.6. The lowest BCUT2D eigenvalue weighted by atomic mass is 9.91. The molecule has 0 aromatic carbocycles. The lowest BCUT2D eigenvalue weighted by molar-refractivity contribution is 0.0500. The van der Waals surface area contributed by atoms with Gasteiger partial charge in [0.25, 0.3) is 0 Å². The zero-order chi connectivity index (χ0) is 22.6. The van der Waals surface area contributed by atoms with Crippen molar-refractivity contribution in [3.05, 3.63) is 39.6 Å². The molecule has 0 saturated carbocycles. The molecule has 2 aromatic rings. The third kappa shape index (κ3) is 6.65. The topological polar surface area (TPSA) is 105 Å². The number of hydrogen-bond donors (Lipinski definition) is 3. The zero-order valence-electron chi connectivity index (χ0n) is 18.7. The van der Waals surface area contributed by atoms with Crippen molar-refractivity contribution in [2.45, 2.75) is 78.0 Å². The second-order valence-electron chi connectivity index (χ2n) is 8.80. The molecule has 2 atom stereocenters. The first kappa shape index (κ1) is 23.0. The number of ether oxygens (including phenoxy) is 1. The lowest BCUT2D eigenvalue weighted by Crippen LogP contribution is -2.42. The van der Waals surface area contributed by atoms with Crippen molar-refractivity contribution >= 4 is 29.1 Å². The number of nitrogens with zero attached hydrogens (tertiary/aromatic N) is 2. The van der Waals surface area contributed by atoms with Crippen molar-refractivity contribution in [3.8, 4) is 0 Å². The first-order chi connectivity index (χ1) is 14.6. The maximum atomic E-state index is 12.5. The standard InChI is InChI=1S/C22H31N5O3S/c1-6-17(19-24-13(2)12-31-19)27-20(28)25-16-10-14-9-15(7-8-18(14)23-11-16)26-21(29)30-22(3,4)5/h10-12,15,17H,6-9H2,1-5H3,(H,26,29)(H2,25,27,28). The summed E-state index contributed by atoms with van der Waals surface area (Å²) in [5.41, 5.74) is 3.06. The Labute approximate surface area is 187 Å². The number of aromatic nitrogens is 2. The van der Waals surface area contributed by atoms with Crippen LogP contribution >= 0.6 is 11.3 Å². The fourth-order valence-electron chi connectivity index (χ4n) is 3.48. The number of pyridine rings is 1. The highest BCUT2D eigenvalue weighted by Gasteiger charge is 2.24. The van der Waals surface area contributed by atoms with E-state index in [1.165, 1.54) is 0 Å². The van der Waals surface area contributed by atoms with Gasteiger partial charge in [0.05, 0.1) is 17.9 Å². The van der Waals surface area contributed by atoms with Crippen LogP contribution in [0.15, 0.2) is 17.6 Å². The Kier molecular flexibility index (Phi) is 7.15. The fraction of sp³-hybridized carbons (Fsp3) is 0.545. The molecule has 168 valence electrons. The van der Waals surface area contributed by atoms with Gasteiger partial charge in [0.2, 0.25) is 0 Å². The quantitative estimate of drug-likeness (QED) is 0.628. The predicted octanol–water partition coefficient (Wildman–Crippen LogP) is 4.50. The van der Waals surface area contributed by atoms with Crippen LogP contribution in [0.2, 0.25) is 0 Å². The van der Waals surface area contributed by atoms with Crippen molar-refractivity contribution in [1.82, 2.24) is 20.6 Å². The third-order valence-corrected chi connectivity index (χ3v) is 5.96. The summed E-state index contributed by atoms with van der Waals surface area (Å²) < 4.78 is 5.36. The highest BCUT2D eigenvalue weighted by Crippen LogP contribution is 2.24. The van der Waals surface area contributed by atoms with E-state index in [-0.39, 0.29) is 18.1 Å². The van der Waals surface area contributed by atoms with Crippen molar-refractivity contribution < 1.29 is 14.3 Å². The number of fused-ring (bicyclic) bond motifs is 1. The number of nitrogens with one attached hydrogen (secondary N) is 3. The van der Waals surface area contributed by atoms with E-state index in [1.807, 2.05) is 46.1 Å². The van der Waals surface area contributed by atoms with E-state index >= 15 is 0 Å². The predicted molar refractivity (Wildman–Crippen MR) is 121 cm³/mol. The Hall–Kier alpha value is -2.68. The van der Waals surface area contributed by atoms with Gasteiger partial charge in [-0.05, 0) is 65.0 Å². The number of hydrogen-bond acceptors (Lipinski definition) is 6. The zero-order valence-corrected chi connectivity index (χ0v) is 19.6. The van der Waals surface area contributed by atoms with Crippen LogP contribution in [0.25, 0.3) is 0 Å². The minimum Gasteiger partial charge on any atom is -0.444 e. The van der Waals surface area contributed by atoms with Gasteiger partial charge in [0.1, 0.15) is 10.6 Å². The molecule has 3 N–H and O–H groups in total. The minimum absolute atomic E-state index is 0.0224. The number of alkyl carbamates (subject to hydrolysis) is 1. The number of carbonyl (C=O) groups is 2. The van der Waals surface area contributed by atoms with Gasteiger partial charge >= 0.3 is 12.1 Å². The second-order valence-corrected chi connectivity index (χ2v) is 9.69. The Balaban J connectivity index is 1.59. The summed E-state index contributed by atoms with van der Waals surface area (Å²) in [5.74, 6) is 0. The van der Waals surface area contributed by atoms with Gasteiger partial charge in [-0.15, -0.1) is 11.3 Å². The van der Waals surface area contributed by atoms with Gasteiger partial charge in [0.15, 0.2) is 0 Å². The van der Waals surface area contributed by atoms with Crippen LogP contribution in [0.3, 0.4) is 0 Å². The summed E-state index contributed by atoms with van der Waals surface area (Å²) in [6.07, 6.45) is 4.23. The summed E-state index contributed by atoms with van der Waals surface area (Å²) in [4.78, 5) is 33.6. The Bertz CT molecular complexity index is 937. The van der Waals surface area contributed by atoms with E-state index in [0.717, 1.165) is 41.2 Å². The molecule has 8 nitrogen and oxygen atoms in total. The van der Waals surface area contributed by atoms with E-state index in [9.17, 15) is 9.59 Å². The molecule has 2 aromatic heterocycles. The van der Waals surface area contributed by atoms with Crippen LogP contribution < -0.4 is 16.0 Å². The number of anilines is 1. The Morgan fingerprint density at radius 3 is 2.77 bits per heavy atom. The van der Waals surface area contributed by atoms with Gasteiger partial charge in [-0.25, -0.2) is 14.6 Å². The summed E-state index contributed by atoms with van der Waals surface area (Å²) in [6.45, 7) is 9.48. The average Bonchev–Trinajstić information content (AvgIpc) is 3.10. The van der Waals surface area contributed by atoms with Crippen LogP contribution in [0.4, 0.5) is 15.3 Å². The van der Waals surface area contributed by atoms with Crippen LogP contribution in [0.1, 0.15) is 68.5 Å². The van der Waals surface area contributed by atoms with Crippen LogP contribution in [0.5, 0.6) is 0 Å². The maximum Gasteiger partial charge on any atom is 0.407 e. The Morgan fingerprint density at radius 1 is 1.35 bits per heavy atom. The molecule has 0 saturated heterocycles. The minimum atomic E-state index is -0.531. The lowest BCUT2D eigenvalue weighted by Gasteiger charge is -2.27. The monoisotopic (exact) mass is 445 g/mol. The fourth-order valence-corrected chi connectivity index (χ4v) is 4.41. The smallest absolute Gasteiger partial charge is 0.407 e. The normalized spacial score (nSPS) is 16.7. The molecule has 0 fully saturated rings.